The number of amides is 1. The highest BCUT2D eigenvalue weighted by Crippen LogP contribution is 2.27. The first-order chi connectivity index (χ1) is 12.1. The Balaban J connectivity index is 1.69. The van der Waals surface area contributed by atoms with Crippen molar-refractivity contribution < 1.29 is 9.90 Å². The third-order valence-corrected chi connectivity index (χ3v) is 3.99. The molecule has 0 aliphatic rings. The molecule has 2 heterocycles. The number of aromatic nitrogens is 4. The number of phenols is 1. The van der Waals surface area contributed by atoms with Gasteiger partial charge in [-0.25, -0.2) is 4.98 Å². The Hall–Kier alpha value is -3.61. The molecular weight excluding hydrogens is 318 g/mol. The standard InChI is InChI=1S/C18H15N5O2/c1-10-5-4-8-14(24)15(10)18(25)22-13-9-19-23-16(13)17-20-11-6-2-3-7-12(11)21-17/h2-9,24H,1H3,(H,19,23)(H,20,21)(H,22,25). The van der Waals surface area contributed by atoms with Gasteiger partial charge in [0.15, 0.2) is 5.82 Å². The van der Waals surface area contributed by atoms with Crippen molar-refractivity contribution in [2.24, 2.45) is 0 Å². The molecule has 0 unspecified atom stereocenters. The normalized spacial score (nSPS) is 10.9. The lowest BCUT2D eigenvalue weighted by Crippen LogP contribution is -2.14. The summed E-state index contributed by atoms with van der Waals surface area (Å²) >= 11 is 0. The van der Waals surface area contributed by atoms with Gasteiger partial charge < -0.3 is 15.4 Å². The SMILES string of the molecule is Cc1cccc(O)c1C(=O)Nc1cn[nH]c1-c1nc2ccccc2[nH]1. The second-order valence-corrected chi connectivity index (χ2v) is 5.68. The van der Waals surface area contributed by atoms with Crippen molar-refractivity contribution in [1.82, 2.24) is 20.2 Å². The average Bonchev–Trinajstić information content (AvgIpc) is 3.20. The lowest BCUT2D eigenvalue weighted by molar-refractivity contribution is 0.102. The summed E-state index contributed by atoms with van der Waals surface area (Å²) in [4.78, 5) is 20.3. The van der Waals surface area contributed by atoms with Gasteiger partial charge >= 0.3 is 0 Å². The number of para-hydroxylation sites is 2. The van der Waals surface area contributed by atoms with Crippen LogP contribution in [0.25, 0.3) is 22.6 Å². The number of aryl methyl sites for hydroxylation is 1. The lowest BCUT2D eigenvalue weighted by atomic mass is 10.1. The fourth-order valence-corrected chi connectivity index (χ4v) is 2.77. The first-order valence-electron chi connectivity index (χ1n) is 7.72. The average molecular weight is 333 g/mol. The van der Waals surface area contributed by atoms with Gasteiger partial charge in [0.1, 0.15) is 11.4 Å². The van der Waals surface area contributed by atoms with Crippen molar-refractivity contribution in [3.63, 3.8) is 0 Å². The predicted octanol–water partition coefficient (Wildman–Crippen LogP) is 3.22. The van der Waals surface area contributed by atoms with Crippen LogP contribution in [0.1, 0.15) is 15.9 Å². The highest BCUT2D eigenvalue weighted by molar-refractivity contribution is 6.08. The van der Waals surface area contributed by atoms with Gasteiger partial charge in [-0.2, -0.15) is 5.10 Å². The number of phenolic OH excluding ortho intramolecular Hbond substituents is 1. The van der Waals surface area contributed by atoms with Crippen molar-refractivity contribution in [2.45, 2.75) is 6.92 Å². The summed E-state index contributed by atoms with van der Waals surface area (Å²) in [6.45, 7) is 1.77. The maximum absolute atomic E-state index is 12.6. The van der Waals surface area contributed by atoms with E-state index in [1.807, 2.05) is 24.3 Å². The number of hydrogen-bond donors (Lipinski definition) is 4. The molecule has 0 fully saturated rings. The van der Waals surface area contributed by atoms with Crippen molar-refractivity contribution in [3.8, 4) is 17.3 Å². The minimum absolute atomic E-state index is 0.0636. The van der Waals surface area contributed by atoms with Crippen molar-refractivity contribution in [3.05, 3.63) is 59.8 Å². The molecule has 2 aromatic carbocycles. The number of nitrogens with one attached hydrogen (secondary N) is 3. The van der Waals surface area contributed by atoms with Gasteiger partial charge in [-0.3, -0.25) is 9.89 Å². The van der Waals surface area contributed by atoms with Crippen LogP contribution in [0.3, 0.4) is 0 Å². The molecule has 124 valence electrons. The largest absolute Gasteiger partial charge is 0.507 e. The van der Waals surface area contributed by atoms with Crippen LogP contribution < -0.4 is 5.32 Å². The van der Waals surface area contributed by atoms with Gasteiger partial charge in [-0.1, -0.05) is 24.3 Å². The molecule has 0 bridgehead atoms. The van der Waals surface area contributed by atoms with E-state index in [0.29, 0.717) is 22.8 Å². The van der Waals surface area contributed by atoms with Crippen LogP contribution >= 0.6 is 0 Å². The maximum atomic E-state index is 12.6. The minimum atomic E-state index is -0.408. The molecule has 0 radical (unpaired) electrons. The van der Waals surface area contributed by atoms with Gasteiger partial charge in [0.25, 0.3) is 5.91 Å². The zero-order valence-corrected chi connectivity index (χ0v) is 13.4. The van der Waals surface area contributed by atoms with Gasteiger partial charge in [0.2, 0.25) is 0 Å². The van der Waals surface area contributed by atoms with Crippen LogP contribution in [-0.2, 0) is 0 Å². The summed E-state index contributed by atoms with van der Waals surface area (Å²) < 4.78 is 0. The number of hydrogen-bond acceptors (Lipinski definition) is 4. The Morgan fingerprint density at radius 2 is 2.00 bits per heavy atom. The van der Waals surface area contributed by atoms with Gasteiger partial charge in [-0.15, -0.1) is 0 Å². The summed E-state index contributed by atoms with van der Waals surface area (Å²) in [5, 5.41) is 19.6. The second-order valence-electron chi connectivity index (χ2n) is 5.68. The lowest BCUT2D eigenvalue weighted by Gasteiger charge is -2.09. The molecule has 0 saturated carbocycles. The monoisotopic (exact) mass is 333 g/mol. The highest BCUT2D eigenvalue weighted by atomic mass is 16.3. The van der Waals surface area contributed by atoms with E-state index in [1.165, 1.54) is 12.3 Å². The summed E-state index contributed by atoms with van der Waals surface area (Å²) in [5.74, 6) is 0.101. The molecule has 25 heavy (non-hydrogen) atoms. The van der Waals surface area contributed by atoms with E-state index in [2.05, 4.69) is 25.5 Å². The molecular formula is C18H15N5O2. The van der Waals surface area contributed by atoms with Crippen LogP contribution in [-0.4, -0.2) is 31.2 Å². The van der Waals surface area contributed by atoms with Crippen LogP contribution in [0.2, 0.25) is 0 Å². The predicted molar refractivity (Wildman–Crippen MR) is 94.5 cm³/mol. The fourth-order valence-electron chi connectivity index (χ4n) is 2.77. The van der Waals surface area contributed by atoms with Crippen molar-refractivity contribution in [1.29, 1.82) is 0 Å². The number of aromatic amines is 2. The molecule has 1 amide bonds. The quantitative estimate of drug-likeness (QED) is 0.462. The molecule has 0 aliphatic heterocycles. The molecule has 2 aromatic heterocycles. The molecule has 0 aliphatic carbocycles. The third-order valence-electron chi connectivity index (χ3n) is 3.99. The number of rotatable bonds is 3. The first kappa shape index (κ1) is 14.9. The number of anilines is 1. The van der Waals surface area contributed by atoms with E-state index < -0.39 is 5.91 Å². The Morgan fingerprint density at radius 1 is 1.16 bits per heavy atom. The smallest absolute Gasteiger partial charge is 0.259 e. The molecule has 0 atom stereocenters. The number of benzene rings is 2. The van der Waals surface area contributed by atoms with Crippen LogP contribution in [0.15, 0.2) is 48.7 Å². The van der Waals surface area contributed by atoms with Gasteiger partial charge in [0, 0.05) is 0 Å². The van der Waals surface area contributed by atoms with Crippen LogP contribution in [0.5, 0.6) is 5.75 Å². The first-order valence-corrected chi connectivity index (χ1v) is 7.72. The van der Waals surface area contributed by atoms with Gasteiger partial charge in [0.05, 0.1) is 28.5 Å². The molecule has 7 nitrogen and oxygen atoms in total. The molecule has 4 rings (SSSR count). The van der Waals surface area contributed by atoms with Crippen LogP contribution in [0, 0.1) is 6.92 Å². The van der Waals surface area contributed by atoms with E-state index >= 15 is 0 Å². The number of nitrogens with zero attached hydrogens (tertiary/aromatic N) is 2. The molecule has 7 heteroatoms. The zero-order chi connectivity index (χ0) is 17.4. The van der Waals surface area contributed by atoms with E-state index in [0.717, 1.165) is 11.0 Å². The number of aromatic hydroxyl groups is 1. The topological polar surface area (TPSA) is 107 Å². The molecule has 4 N–H and O–H groups in total. The van der Waals surface area contributed by atoms with E-state index in [4.69, 9.17) is 0 Å². The van der Waals surface area contributed by atoms with Crippen LogP contribution in [0.4, 0.5) is 5.69 Å². The summed E-state index contributed by atoms with van der Waals surface area (Å²) in [6, 6.07) is 12.6. The van der Waals surface area contributed by atoms with Crippen molar-refractivity contribution in [2.75, 3.05) is 5.32 Å². The van der Waals surface area contributed by atoms with E-state index in [9.17, 15) is 9.90 Å². The van der Waals surface area contributed by atoms with E-state index in [-0.39, 0.29) is 11.3 Å². The third kappa shape index (κ3) is 2.61. The summed E-state index contributed by atoms with van der Waals surface area (Å²) in [6.07, 6.45) is 1.51. The molecule has 4 aromatic rings. The minimum Gasteiger partial charge on any atom is -0.507 e. The molecule has 0 saturated heterocycles. The van der Waals surface area contributed by atoms with Gasteiger partial charge in [-0.05, 0) is 30.7 Å². The summed E-state index contributed by atoms with van der Waals surface area (Å²) in [5.41, 5.74) is 3.68. The Morgan fingerprint density at radius 3 is 2.80 bits per heavy atom. The Kier molecular flexibility index (Phi) is 3.46. The van der Waals surface area contributed by atoms with E-state index in [1.54, 1.807) is 19.1 Å². The summed E-state index contributed by atoms with van der Waals surface area (Å²) in [7, 11) is 0. The Labute approximate surface area is 142 Å². The number of carbonyl (C=O) groups excluding carboxylic acids is 1. The number of H-pyrrole nitrogens is 2. The molecule has 0 spiro atoms. The zero-order valence-electron chi connectivity index (χ0n) is 13.4. The number of carbonyl (C=O) groups is 1. The number of fused-ring (bicyclic) bond motifs is 1. The second kappa shape index (κ2) is 5.79. The Bertz CT molecular complexity index is 1030. The number of imidazole rings is 1. The maximum Gasteiger partial charge on any atom is 0.259 e. The fraction of sp³-hybridized carbons (Fsp3) is 0.0556. The highest BCUT2D eigenvalue weighted by Gasteiger charge is 2.18. The van der Waals surface area contributed by atoms with Crippen molar-refractivity contribution >= 4 is 22.6 Å².